The summed E-state index contributed by atoms with van der Waals surface area (Å²) in [4.78, 5) is 0. The number of aromatic nitrogens is 2. The molecule has 1 fully saturated rings. The molecular formula is C12H20N2O. The van der Waals surface area contributed by atoms with Crippen molar-refractivity contribution in [1.29, 1.82) is 0 Å². The van der Waals surface area contributed by atoms with Crippen LogP contribution in [0.15, 0.2) is 6.07 Å². The number of aliphatic hydroxyl groups is 1. The van der Waals surface area contributed by atoms with E-state index < -0.39 is 0 Å². The van der Waals surface area contributed by atoms with Crippen LogP contribution in [-0.2, 0) is 13.0 Å². The van der Waals surface area contributed by atoms with Gasteiger partial charge in [-0.15, -0.1) is 0 Å². The standard InChI is InChI=1S/C12H20N2O/c1-3-14-11(6-9(2)13-14)7-10-4-5-12(15)8-10/h6,10,12,15H,3-5,7-8H2,1-2H3. The summed E-state index contributed by atoms with van der Waals surface area (Å²) in [6.45, 7) is 5.11. The van der Waals surface area contributed by atoms with Gasteiger partial charge in [-0.25, -0.2) is 0 Å². The van der Waals surface area contributed by atoms with E-state index in [1.807, 2.05) is 6.92 Å². The zero-order chi connectivity index (χ0) is 10.8. The Bertz CT molecular complexity index is 332. The Morgan fingerprint density at radius 2 is 2.33 bits per heavy atom. The molecule has 0 radical (unpaired) electrons. The first-order chi connectivity index (χ1) is 7.19. The van der Waals surface area contributed by atoms with Gasteiger partial charge in [0, 0.05) is 12.2 Å². The summed E-state index contributed by atoms with van der Waals surface area (Å²) in [7, 11) is 0. The lowest BCUT2D eigenvalue weighted by Gasteiger charge is -2.10. The van der Waals surface area contributed by atoms with Crippen molar-refractivity contribution in [1.82, 2.24) is 9.78 Å². The van der Waals surface area contributed by atoms with Crippen LogP contribution >= 0.6 is 0 Å². The quantitative estimate of drug-likeness (QED) is 0.824. The molecule has 15 heavy (non-hydrogen) atoms. The minimum atomic E-state index is -0.0610. The molecule has 1 aliphatic carbocycles. The summed E-state index contributed by atoms with van der Waals surface area (Å²) in [6.07, 6.45) is 4.12. The van der Waals surface area contributed by atoms with Crippen molar-refractivity contribution in [2.45, 2.75) is 52.2 Å². The lowest BCUT2D eigenvalue weighted by Crippen LogP contribution is -2.08. The second kappa shape index (κ2) is 4.35. The molecule has 1 aliphatic rings. The van der Waals surface area contributed by atoms with Crippen LogP contribution in [0.4, 0.5) is 0 Å². The molecule has 2 unspecified atom stereocenters. The summed E-state index contributed by atoms with van der Waals surface area (Å²) in [5, 5.41) is 13.9. The van der Waals surface area contributed by atoms with Crippen molar-refractivity contribution < 1.29 is 5.11 Å². The summed E-state index contributed by atoms with van der Waals surface area (Å²) >= 11 is 0. The minimum absolute atomic E-state index is 0.0610. The predicted octanol–water partition coefficient (Wildman–Crippen LogP) is 1.91. The first kappa shape index (κ1) is 10.7. The smallest absolute Gasteiger partial charge is 0.0596 e. The summed E-state index contributed by atoms with van der Waals surface area (Å²) in [5.41, 5.74) is 2.43. The molecule has 2 atom stereocenters. The topological polar surface area (TPSA) is 38.0 Å². The lowest BCUT2D eigenvalue weighted by atomic mass is 10.0. The van der Waals surface area contributed by atoms with E-state index in [1.54, 1.807) is 0 Å². The van der Waals surface area contributed by atoms with Crippen molar-refractivity contribution in [2.24, 2.45) is 5.92 Å². The highest BCUT2D eigenvalue weighted by atomic mass is 16.3. The highest BCUT2D eigenvalue weighted by molar-refractivity contribution is 5.10. The molecule has 1 heterocycles. The van der Waals surface area contributed by atoms with Gasteiger partial charge in [0.15, 0.2) is 0 Å². The van der Waals surface area contributed by atoms with Crippen LogP contribution in [-0.4, -0.2) is 21.0 Å². The third-order valence-electron chi connectivity index (χ3n) is 3.30. The molecule has 0 spiro atoms. The van der Waals surface area contributed by atoms with E-state index in [2.05, 4.69) is 22.8 Å². The van der Waals surface area contributed by atoms with Gasteiger partial charge in [-0.05, 0) is 51.5 Å². The van der Waals surface area contributed by atoms with Gasteiger partial charge in [0.1, 0.15) is 0 Å². The fourth-order valence-electron chi connectivity index (χ4n) is 2.57. The highest BCUT2D eigenvalue weighted by Crippen LogP contribution is 2.28. The van der Waals surface area contributed by atoms with Gasteiger partial charge >= 0.3 is 0 Å². The van der Waals surface area contributed by atoms with E-state index in [0.29, 0.717) is 5.92 Å². The van der Waals surface area contributed by atoms with E-state index in [0.717, 1.165) is 37.9 Å². The molecule has 0 bridgehead atoms. The first-order valence-electron chi connectivity index (χ1n) is 5.90. The van der Waals surface area contributed by atoms with Gasteiger partial charge < -0.3 is 5.11 Å². The van der Waals surface area contributed by atoms with E-state index in [1.165, 1.54) is 5.69 Å². The minimum Gasteiger partial charge on any atom is -0.393 e. The van der Waals surface area contributed by atoms with Gasteiger partial charge in [-0.1, -0.05) is 0 Å². The molecule has 1 aromatic heterocycles. The van der Waals surface area contributed by atoms with Gasteiger partial charge in [0.25, 0.3) is 0 Å². The lowest BCUT2D eigenvalue weighted by molar-refractivity contribution is 0.177. The molecule has 0 aromatic carbocycles. The molecule has 1 saturated carbocycles. The fraction of sp³-hybridized carbons (Fsp3) is 0.750. The fourth-order valence-corrected chi connectivity index (χ4v) is 2.57. The summed E-state index contributed by atoms with van der Waals surface area (Å²) in [5.74, 6) is 0.654. The Morgan fingerprint density at radius 3 is 2.93 bits per heavy atom. The number of aliphatic hydroxyl groups excluding tert-OH is 1. The zero-order valence-corrected chi connectivity index (χ0v) is 9.61. The van der Waals surface area contributed by atoms with Crippen molar-refractivity contribution >= 4 is 0 Å². The van der Waals surface area contributed by atoms with Crippen molar-refractivity contribution in [3.05, 3.63) is 17.5 Å². The molecular weight excluding hydrogens is 188 g/mol. The van der Waals surface area contributed by atoms with Gasteiger partial charge in [0.2, 0.25) is 0 Å². The third kappa shape index (κ3) is 2.40. The molecule has 0 aliphatic heterocycles. The van der Waals surface area contributed by atoms with Gasteiger partial charge in [0.05, 0.1) is 11.8 Å². The molecule has 1 N–H and O–H groups in total. The van der Waals surface area contributed by atoms with Crippen LogP contribution in [0, 0.1) is 12.8 Å². The van der Waals surface area contributed by atoms with Crippen molar-refractivity contribution in [2.75, 3.05) is 0 Å². The number of aryl methyl sites for hydroxylation is 2. The molecule has 2 rings (SSSR count). The average molecular weight is 208 g/mol. The van der Waals surface area contributed by atoms with Crippen molar-refractivity contribution in [3.8, 4) is 0 Å². The maximum absolute atomic E-state index is 9.49. The number of hydrogen-bond acceptors (Lipinski definition) is 2. The van der Waals surface area contributed by atoms with Crippen LogP contribution in [0.1, 0.15) is 37.6 Å². The third-order valence-corrected chi connectivity index (χ3v) is 3.30. The van der Waals surface area contributed by atoms with E-state index in [9.17, 15) is 5.11 Å². The maximum Gasteiger partial charge on any atom is 0.0596 e. The number of rotatable bonds is 3. The molecule has 3 nitrogen and oxygen atoms in total. The van der Waals surface area contributed by atoms with E-state index in [4.69, 9.17) is 0 Å². The molecule has 0 saturated heterocycles. The monoisotopic (exact) mass is 208 g/mol. The number of hydrogen-bond donors (Lipinski definition) is 1. The average Bonchev–Trinajstić information content (AvgIpc) is 2.73. The molecule has 0 amide bonds. The zero-order valence-electron chi connectivity index (χ0n) is 9.61. The normalized spacial score (nSPS) is 26.1. The second-order valence-corrected chi connectivity index (χ2v) is 4.63. The summed E-state index contributed by atoms with van der Waals surface area (Å²) < 4.78 is 2.08. The van der Waals surface area contributed by atoms with E-state index in [-0.39, 0.29) is 6.10 Å². The maximum atomic E-state index is 9.49. The van der Waals surface area contributed by atoms with Crippen LogP contribution < -0.4 is 0 Å². The van der Waals surface area contributed by atoms with Crippen LogP contribution in [0.25, 0.3) is 0 Å². The Balaban J connectivity index is 2.03. The van der Waals surface area contributed by atoms with E-state index >= 15 is 0 Å². The van der Waals surface area contributed by atoms with Gasteiger partial charge in [-0.2, -0.15) is 5.10 Å². The van der Waals surface area contributed by atoms with Crippen molar-refractivity contribution in [3.63, 3.8) is 0 Å². The Morgan fingerprint density at radius 1 is 1.53 bits per heavy atom. The number of nitrogens with zero attached hydrogens (tertiary/aromatic N) is 2. The second-order valence-electron chi connectivity index (χ2n) is 4.63. The highest BCUT2D eigenvalue weighted by Gasteiger charge is 2.23. The van der Waals surface area contributed by atoms with Crippen LogP contribution in [0.5, 0.6) is 0 Å². The Labute approximate surface area is 91.1 Å². The van der Waals surface area contributed by atoms with Gasteiger partial charge in [-0.3, -0.25) is 4.68 Å². The molecule has 84 valence electrons. The Hall–Kier alpha value is -0.830. The summed E-state index contributed by atoms with van der Waals surface area (Å²) in [6, 6.07) is 2.17. The SMILES string of the molecule is CCn1nc(C)cc1CC1CCC(O)C1. The van der Waals surface area contributed by atoms with Crippen LogP contribution in [0.3, 0.4) is 0 Å². The predicted molar refractivity (Wildman–Crippen MR) is 59.7 cm³/mol. The molecule has 1 aromatic rings. The first-order valence-corrected chi connectivity index (χ1v) is 5.90. The molecule has 3 heteroatoms. The largest absolute Gasteiger partial charge is 0.393 e. The van der Waals surface area contributed by atoms with Crippen LogP contribution in [0.2, 0.25) is 0 Å². The Kier molecular flexibility index (Phi) is 3.10.